The van der Waals surface area contributed by atoms with Crippen LogP contribution >= 0.6 is 27.3 Å². The fraction of sp³-hybridized carbons (Fsp3) is 0.273. The fourth-order valence-electron chi connectivity index (χ4n) is 2.13. The third kappa shape index (κ3) is 1.43. The number of thiophene rings is 1. The maximum absolute atomic E-state index is 5.61. The quantitative estimate of drug-likeness (QED) is 0.794. The van der Waals surface area contributed by atoms with Crippen LogP contribution < -0.4 is 4.90 Å². The zero-order valence-electron chi connectivity index (χ0n) is 8.24. The van der Waals surface area contributed by atoms with Crippen LogP contribution in [0, 0.1) is 0 Å². The van der Waals surface area contributed by atoms with Crippen molar-refractivity contribution in [3.8, 4) is 0 Å². The van der Waals surface area contributed by atoms with E-state index in [1.54, 1.807) is 11.3 Å². The molecule has 3 heterocycles. The average Bonchev–Trinajstić information content (AvgIpc) is 2.85. The number of hydrogen-bond acceptors (Lipinski definition) is 3. The maximum Gasteiger partial charge on any atom is 0.200 e. The van der Waals surface area contributed by atoms with Crippen LogP contribution in [0.4, 0.5) is 5.88 Å². The van der Waals surface area contributed by atoms with Gasteiger partial charge in [0.15, 0.2) is 4.67 Å². The molecule has 0 aromatic carbocycles. The lowest BCUT2D eigenvalue weighted by Gasteiger charge is -2.11. The lowest BCUT2D eigenvalue weighted by molar-refractivity contribution is 0.539. The zero-order valence-corrected chi connectivity index (χ0v) is 10.6. The second-order valence-electron chi connectivity index (χ2n) is 3.80. The first-order valence-electron chi connectivity index (χ1n) is 4.78. The Morgan fingerprint density at radius 3 is 3.20 bits per heavy atom. The van der Waals surface area contributed by atoms with Crippen molar-refractivity contribution in [2.24, 2.45) is 0 Å². The minimum atomic E-state index is 0.464. The molecule has 2 aromatic rings. The van der Waals surface area contributed by atoms with Crippen molar-refractivity contribution >= 4 is 33.2 Å². The van der Waals surface area contributed by atoms with Crippen molar-refractivity contribution in [1.29, 1.82) is 0 Å². The van der Waals surface area contributed by atoms with Gasteiger partial charge in [0.25, 0.3) is 0 Å². The topological polar surface area (TPSA) is 16.4 Å². The summed E-state index contributed by atoms with van der Waals surface area (Å²) in [6.07, 6.45) is 0. The van der Waals surface area contributed by atoms with E-state index < -0.39 is 0 Å². The average molecular weight is 284 g/mol. The highest BCUT2D eigenvalue weighted by Crippen LogP contribution is 2.43. The van der Waals surface area contributed by atoms with Crippen molar-refractivity contribution < 1.29 is 4.42 Å². The van der Waals surface area contributed by atoms with Gasteiger partial charge in [0.2, 0.25) is 5.88 Å². The third-order valence-electron chi connectivity index (χ3n) is 2.83. The standard InChI is InChI=1S/C11H10BrNOS/c1-13-5-9(7-2-3-15-6-7)8-4-10(12)14-11(8)13/h2-4,6,9H,5H2,1H3. The van der Waals surface area contributed by atoms with Gasteiger partial charge < -0.3 is 9.32 Å². The molecule has 0 spiro atoms. The van der Waals surface area contributed by atoms with E-state index in [0.29, 0.717) is 5.92 Å². The lowest BCUT2D eigenvalue weighted by atomic mass is 9.98. The van der Waals surface area contributed by atoms with Crippen LogP contribution in [0.25, 0.3) is 0 Å². The molecule has 3 rings (SSSR count). The van der Waals surface area contributed by atoms with Gasteiger partial charge in [-0.1, -0.05) is 0 Å². The zero-order chi connectivity index (χ0) is 10.4. The number of anilines is 1. The highest BCUT2D eigenvalue weighted by atomic mass is 79.9. The van der Waals surface area contributed by atoms with Crippen LogP contribution in [0.15, 0.2) is 32.0 Å². The summed E-state index contributed by atoms with van der Waals surface area (Å²) in [5.41, 5.74) is 2.68. The molecule has 4 heteroatoms. The molecule has 0 aliphatic carbocycles. The Morgan fingerprint density at radius 1 is 1.60 bits per heavy atom. The molecule has 2 aromatic heterocycles. The van der Waals surface area contributed by atoms with Gasteiger partial charge >= 0.3 is 0 Å². The Balaban J connectivity index is 2.08. The molecule has 0 saturated carbocycles. The second-order valence-corrected chi connectivity index (χ2v) is 5.36. The molecule has 78 valence electrons. The molecular weight excluding hydrogens is 274 g/mol. The van der Waals surface area contributed by atoms with E-state index in [1.165, 1.54) is 11.1 Å². The first kappa shape index (κ1) is 9.48. The van der Waals surface area contributed by atoms with E-state index in [9.17, 15) is 0 Å². The van der Waals surface area contributed by atoms with Crippen LogP contribution in [0.3, 0.4) is 0 Å². The molecule has 0 N–H and O–H groups in total. The van der Waals surface area contributed by atoms with Crippen molar-refractivity contribution in [3.05, 3.63) is 38.7 Å². The Labute approximate surface area is 101 Å². The number of rotatable bonds is 1. The molecule has 0 amide bonds. The smallest absolute Gasteiger partial charge is 0.200 e. The van der Waals surface area contributed by atoms with Crippen LogP contribution in [-0.2, 0) is 0 Å². The van der Waals surface area contributed by atoms with Crippen molar-refractivity contribution in [2.75, 3.05) is 18.5 Å². The fourth-order valence-corrected chi connectivity index (χ4v) is 3.24. The van der Waals surface area contributed by atoms with Gasteiger partial charge in [-0.2, -0.15) is 11.3 Å². The van der Waals surface area contributed by atoms with Crippen molar-refractivity contribution in [3.63, 3.8) is 0 Å². The molecule has 2 nitrogen and oxygen atoms in total. The molecule has 1 unspecified atom stereocenters. The Kier molecular flexibility index (Phi) is 2.14. The van der Waals surface area contributed by atoms with Gasteiger partial charge in [-0.15, -0.1) is 0 Å². The normalized spacial score (nSPS) is 19.6. The maximum atomic E-state index is 5.61. The number of hydrogen-bond donors (Lipinski definition) is 0. The molecule has 1 atom stereocenters. The molecule has 0 saturated heterocycles. The predicted octanol–water partition coefficient (Wildman–Crippen LogP) is 3.69. The van der Waals surface area contributed by atoms with Gasteiger partial charge in [0.05, 0.1) is 0 Å². The number of halogens is 1. The number of fused-ring (bicyclic) bond motifs is 1. The van der Waals surface area contributed by atoms with E-state index in [1.807, 2.05) is 0 Å². The minimum Gasteiger partial charge on any atom is -0.434 e. The van der Waals surface area contributed by atoms with Gasteiger partial charge in [-0.25, -0.2) is 0 Å². The van der Waals surface area contributed by atoms with Crippen LogP contribution in [-0.4, -0.2) is 13.6 Å². The highest BCUT2D eigenvalue weighted by molar-refractivity contribution is 9.10. The minimum absolute atomic E-state index is 0.464. The summed E-state index contributed by atoms with van der Waals surface area (Å²) in [7, 11) is 2.07. The summed E-state index contributed by atoms with van der Waals surface area (Å²) in [5.74, 6) is 1.46. The van der Waals surface area contributed by atoms with Gasteiger partial charge in [0.1, 0.15) is 0 Å². The van der Waals surface area contributed by atoms with Crippen LogP contribution in [0.1, 0.15) is 17.0 Å². The summed E-state index contributed by atoms with van der Waals surface area (Å²) < 4.78 is 6.43. The molecule has 15 heavy (non-hydrogen) atoms. The number of nitrogens with zero attached hydrogens (tertiary/aromatic N) is 1. The third-order valence-corrected chi connectivity index (χ3v) is 3.93. The van der Waals surface area contributed by atoms with Gasteiger partial charge in [0, 0.05) is 25.1 Å². The van der Waals surface area contributed by atoms with Crippen molar-refractivity contribution in [2.45, 2.75) is 5.92 Å². The first-order chi connectivity index (χ1) is 7.25. The summed E-state index contributed by atoms with van der Waals surface area (Å²) >= 11 is 5.13. The van der Waals surface area contributed by atoms with Crippen LogP contribution in [0.2, 0.25) is 0 Å². The van der Waals surface area contributed by atoms with E-state index in [-0.39, 0.29) is 0 Å². The molecule has 1 aliphatic heterocycles. The Morgan fingerprint density at radius 2 is 2.47 bits per heavy atom. The molecule has 0 fully saturated rings. The summed E-state index contributed by atoms with van der Waals surface area (Å²) in [4.78, 5) is 2.17. The Hall–Kier alpha value is -0.740. The largest absolute Gasteiger partial charge is 0.434 e. The lowest BCUT2D eigenvalue weighted by Crippen LogP contribution is -2.15. The number of furan rings is 1. The first-order valence-corrected chi connectivity index (χ1v) is 6.52. The van der Waals surface area contributed by atoms with Crippen molar-refractivity contribution in [1.82, 2.24) is 0 Å². The molecule has 0 bridgehead atoms. The van der Waals surface area contributed by atoms with E-state index in [0.717, 1.165) is 17.1 Å². The van der Waals surface area contributed by atoms with E-state index >= 15 is 0 Å². The van der Waals surface area contributed by atoms with E-state index in [2.05, 4.69) is 50.8 Å². The van der Waals surface area contributed by atoms with Gasteiger partial charge in [-0.05, 0) is 44.4 Å². The monoisotopic (exact) mass is 283 g/mol. The summed E-state index contributed by atoms with van der Waals surface area (Å²) in [6.45, 7) is 1.01. The highest BCUT2D eigenvalue weighted by Gasteiger charge is 2.31. The Bertz CT molecular complexity index is 477. The van der Waals surface area contributed by atoms with E-state index in [4.69, 9.17) is 4.42 Å². The summed E-state index contributed by atoms with van der Waals surface area (Å²) in [5, 5.41) is 4.34. The predicted molar refractivity (Wildman–Crippen MR) is 65.8 cm³/mol. The summed E-state index contributed by atoms with van der Waals surface area (Å²) in [6, 6.07) is 4.28. The van der Waals surface area contributed by atoms with Crippen LogP contribution in [0.5, 0.6) is 0 Å². The molecule has 1 aliphatic rings. The molecule has 0 radical (unpaired) electrons. The van der Waals surface area contributed by atoms with Gasteiger partial charge in [-0.3, -0.25) is 0 Å². The SMILES string of the molecule is CN1CC(c2ccsc2)c2cc(Br)oc21. The second kappa shape index (κ2) is 3.39. The molecular formula is C11H10BrNOS. The number of likely N-dealkylation sites (N-methyl/N-ethyl adjacent to an activating group) is 1.